The summed E-state index contributed by atoms with van der Waals surface area (Å²) in [5.41, 5.74) is 6.16. The van der Waals surface area contributed by atoms with Gasteiger partial charge in [0.1, 0.15) is 11.9 Å². The fourth-order valence-electron chi connectivity index (χ4n) is 1.50. The smallest absolute Gasteiger partial charge is 0.311 e. The van der Waals surface area contributed by atoms with Gasteiger partial charge in [0, 0.05) is 18.3 Å². The summed E-state index contributed by atoms with van der Waals surface area (Å²) < 4.78 is 0.561. The SMILES string of the molecule is CCC(N)(CC)CNc1c(Br)cncc1[N+](=O)[O-]. The third-order valence-electron chi connectivity index (χ3n) is 3.10. The molecule has 0 radical (unpaired) electrons. The minimum Gasteiger partial charge on any atom is -0.377 e. The largest absolute Gasteiger partial charge is 0.377 e. The Labute approximate surface area is 114 Å². The molecule has 1 rings (SSSR count). The van der Waals surface area contributed by atoms with Crippen molar-refractivity contribution in [3.63, 3.8) is 0 Å². The molecule has 0 bridgehead atoms. The van der Waals surface area contributed by atoms with Gasteiger partial charge in [0.2, 0.25) is 0 Å². The summed E-state index contributed by atoms with van der Waals surface area (Å²) in [6.45, 7) is 4.48. The van der Waals surface area contributed by atoms with Crippen molar-refractivity contribution in [2.45, 2.75) is 32.2 Å². The van der Waals surface area contributed by atoms with Crippen LogP contribution in [0.3, 0.4) is 0 Å². The van der Waals surface area contributed by atoms with Crippen LogP contribution in [0.15, 0.2) is 16.9 Å². The Bertz CT molecular complexity index is 435. The molecule has 0 aliphatic carbocycles. The number of nitrogens with zero attached hydrogens (tertiary/aromatic N) is 2. The zero-order valence-corrected chi connectivity index (χ0v) is 12.0. The molecule has 0 aliphatic rings. The van der Waals surface area contributed by atoms with Gasteiger partial charge in [-0.3, -0.25) is 15.1 Å². The maximum absolute atomic E-state index is 10.9. The number of nitrogens with one attached hydrogen (secondary N) is 1. The summed E-state index contributed by atoms with van der Waals surface area (Å²) in [5, 5.41) is 14.0. The van der Waals surface area contributed by atoms with Gasteiger partial charge in [-0.2, -0.15) is 0 Å². The van der Waals surface area contributed by atoms with Crippen molar-refractivity contribution < 1.29 is 4.92 Å². The zero-order valence-electron chi connectivity index (χ0n) is 10.4. The second kappa shape index (κ2) is 6.10. The highest BCUT2D eigenvalue weighted by atomic mass is 79.9. The van der Waals surface area contributed by atoms with Crippen LogP contribution in [0.25, 0.3) is 0 Å². The van der Waals surface area contributed by atoms with E-state index in [1.54, 1.807) is 0 Å². The molecule has 0 spiro atoms. The molecule has 100 valence electrons. The van der Waals surface area contributed by atoms with Gasteiger partial charge in [0.15, 0.2) is 0 Å². The van der Waals surface area contributed by atoms with Crippen molar-refractivity contribution in [3.05, 3.63) is 27.0 Å². The second-order valence-electron chi connectivity index (χ2n) is 4.20. The first-order valence-corrected chi connectivity index (χ1v) is 6.53. The summed E-state index contributed by atoms with van der Waals surface area (Å²) in [5.74, 6) is 0. The molecule has 0 saturated heterocycles. The number of pyridine rings is 1. The molecule has 7 heteroatoms. The first-order chi connectivity index (χ1) is 8.43. The predicted octanol–water partition coefficient (Wildman–Crippen LogP) is 2.68. The number of halogens is 1. The maximum Gasteiger partial charge on any atom is 0.311 e. The van der Waals surface area contributed by atoms with Crippen molar-refractivity contribution >= 4 is 27.3 Å². The predicted molar refractivity (Wildman–Crippen MR) is 74.6 cm³/mol. The molecule has 0 aromatic carbocycles. The van der Waals surface area contributed by atoms with Crippen molar-refractivity contribution in [1.29, 1.82) is 0 Å². The lowest BCUT2D eigenvalue weighted by atomic mass is 9.94. The lowest BCUT2D eigenvalue weighted by molar-refractivity contribution is -0.384. The Morgan fingerprint density at radius 2 is 2.11 bits per heavy atom. The molecular weight excluding hydrogens is 300 g/mol. The topological polar surface area (TPSA) is 94.1 Å². The Kier molecular flexibility index (Phi) is 5.03. The average molecular weight is 317 g/mol. The number of nitro groups is 1. The Morgan fingerprint density at radius 1 is 1.50 bits per heavy atom. The summed E-state index contributed by atoms with van der Waals surface area (Å²) in [6.07, 6.45) is 4.34. The van der Waals surface area contributed by atoms with Crippen LogP contribution in [0.2, 0.25) is 0 Å². The third kappa shape index (κ3) is 3.39. The van der Waals surface area contributed by atoms with Crippen molar-refractivity contribution in [3.8, 4) is 0 Å². The van der Waals surface area contributed by atoms with Gasteiger partial charge in [0.25, 0.3) is 0 Å². The molecule has 3 N–H and O–H groups in total. The van der Waals surface area contributed by atoms with Crippen LogP contribution in [-0.4, -0.2) is 22.0 Å². The van der Waals surface area contributed by atoms with E-state index in [0.29, 0.717) is 16.7 Å². The van der Waals surface area contributed by atoms with E-state index in [1.807, 2.05) is 13.8 Å². The molecule has 0 aliphatic heterocycles. The molecule has 18 heavy (non-hydrogen) atoms. The van der Waals surface area contributed by atoms with Crippen molar-refractivity contribution in [2.24, 2.45) is 5.73 Å². The van der Waals surface area contributed by atoms with Crippen molar-refractivity contribution in [2.75, 3.05) is 11.9 Å². The maximum atomic E-state index is 10.9. The van der Waals surface area contributed by atoms with Gasteiger partial charge in [-0.25, -0.2) is 0 Å². The molecule has 1 heterocycles. The number of rotatable bonds is 6. The molecular formula is C11H17BrN4O2. The number of anilines is 1. The highest BCUT2D eigenvalue weighted by Gasteiger charge is 2.23. The van der Waals surface area contributed by atoms with E-state index in [0.717, 1.165) is 12.8 Å². The van der Waals surface area contributed by atoms with E-state index in [-0.39, 0.29) is 11.2 Å². The van der Waals surface area contributed by atoms with Crippen LogP contribution in [0.4, 0.5) is 11.4 Å². The van der Waals surface area contributed by atoms with Gasteiger partial charge in [0.05, 0.1) is 9.40 Å². The van der Waals surface area contributed by atoms with Gasteiger partial charge >= 0.3 is 5.69 Å². The average Bonchev–Trinajstić information content (AvgIpc) is 2.36. The Hall–Kier alpha value is -1.21. The van der Waals surface area contributed by atoms with Crippen LogP contribution in [0.1, 0.15) is 26.7 Å². The fourth-order valence-corrected chi connectivity index (χ4v) is 1.96. The molecule has 0 unspecified atom stereocenters. The molecule has 0 atom stereocenters. The van der Waals surface area contributed by atoms with E-state index in [4.69, 9.17) is 5.73 Å². The summed E-state index contributed by atoms with van der Waals surface area (Å²) in [4.78, 5) is 14.2. The van der Waals surface area contributed by atoms with E-state index >= 15 is 0 Å². The summed E-state index contributed by atoms with van der Waals surface area (Å²) in [7, 11) is 0. The van der Waals surface area contributed by atoms with Crippen LogP contribution < -0.4 is 11.1 Å². The number of hydrogen-bond acceptors (Lipinski definition) is 5. The fraction of sp³-hybridized carbons (Fsp3) is 0.545. The van der Waals surface area contributed by atoms with Crippen LogP contribution in [0.5, 0.6) is 0 Å². The zero-order chi connectivity index (χ0) is 13.8. The van der Waals surface area contributed by atoms with E-state index in [2.05, 4.69) is 26.2 Å². The van der Waals surface area contributed by atoms with Gasteiger partial charge in [-0.05, 0) is 28.8 Å². The summed E-state index contributed by atoms with van der Waals surface area (Å²) in [6, 6.07) is 0. The van der Waals surface area contributed by atoms with Gasteiger partial charge < -0.3 is 11.1 Å². The first-order valence-electron chi connectivity index (χ1n) is 5.74. The molecule has 0 amide bonds. The first kappa shape index (κ1) is 14.8. The molecule has 1 aromatic rings. The minimum atomic E-state index is -0.462. The van der Waals surface area contributed by atoms with E-state index < -0.39 is 4.92 Å². The second-order valence-corrected chi connectivity index (χ2v) is 5.05. The van der Waals surface area contributed by atoms with Crippen LogP contribution in [0, 0.1) is 10.1 Å². The Balaban J connectivity index is 2.94. The Morgan fingerprint density at radius 3 is 2.61 bits per heavy atom. The van der Waals surface area contributed by atoms with E-state index in [9.17, 15) is 10.1 Å². The van der Waals surface area contributed by atoms with Gasteiger partial charge in [-0.15, -0.1) is 0 Å². The lowest BCUT2D eigenvalue weighted by Crippen LogP contribution is -2.45. The van der Waals surface area contributed by atoms with Crippen LogP contribution in [-0.2, 0) is 0 Å². The monoisotopic (exact) mass is 316 g/mol. The number of nitrogens with two attached hydrogens (primary N) is 1. The molecule has 0 saturated carbocycles. The van der Waals surface area contributed by atoms with Crippen LogP contribution >= 0.6 is 15.9 Å². The third-order valence-corrected chi connectivity index (χ3v) is 3.70. The van der Waals surface area contributed by atoms with Crippen molar-refractivity contribution in [1.82, 2.24) is 4.98 Å². The standard InChI is InChI=1S/C11H17BrN4O2/c1-3-11(13,4-2)7-15-10-8(12)5-14-6-9(10)16(17)18/h5-6H,3-4,7,13H2,1-2H3,(H,14,15). The van der Waals surface area contributed by atoms with Gasteiger partial charge in [-0.1, -0.05) is 13.8 Å². The van der Waals surface area contributed by atoms with E-state index in [1.165, 1.54) is 12.4 Å². The number of aromatic nitrogens is 1. The number of hydrogen-bond donors (Lipinski definition) is 2. The summed E-state index contributed by atoms with van der Waals surface area (Å²) >= 11 is 3.26. The quantitative estimate of drug-likeness (QED) is 0.621. The minimum absolute atomic E-state index is 0.0565. The lowest BCUT2D eigenvalue weighted by Gasteiger charge is -2.27. The molecule has 6 nitrogen and oxygen atoms in total. The molecule has 1 aromatic heterocycles. The highest BCUT2D eigenvalue weighted by Crippen LogP contribution is 2.31. The normalized spacial score (nSPS) is 11.3. The molecule has 0 fully saturated rings. The highest BCUT2D eigenvalue weighted by molar-refractivity contribution is 9.10.